The van der Waals surface area contributed by atoms with Gasteiger partial charge in [0.2, 0.25) is 0 Å². The summed E-state index contributed by atoms with van der Waals surface area (Å²) in [4.78, 5) is 0.655. The largest absolute Gasteiger partial charge is 0.0890 e. The SMILES string of the molecule is Cc1cc(C)c(CCC(Br)CC(C)C)c(C)c1. The summed E-state index contributed by atoms with van der Waals surface area (Å²) in [5, 5.41) is 0. The van der Waals surface area contributed by atoms with E-state index < -0.39 is 0 Å². The lowest BCUT2D eigenvalue weighted by molar-refractivity contribution is 0.554. The molecule has 17 heavy (non-hydrogen) atoms. The van der Waals surface area contributed by atoms with E-state index in [-0.39, 0.29) is 0 Å². The van der Waals surface area contributed by atoms with Gasteiger partial charge in [-0.05, 0) is 62.6 Å². The van der Waals surface area contributed by atoms with Crippen LogP contribution in [0.25, 0.3) is 0 Å². The lowest BCUT2D eigenvalue weighted by atomic mass is 9.94. The molecule has 0 heterocycles. The summed E-state index contributed by atoms with van der Waals surface area (Å²) < 4.78 is 0. The molecular formula is C16H25Br. The number of hydrogen-bond donors (Lipinski definition) is 0. The summed E-state index contributed by atoms with van der Waals surface area (Å²) >= 11 is 3.80. The molecule has 0 fully saturated rings. The molecule has 1 aromatic rings. The molecule has 0 aliphatic rings. The van der Waals surface area contributed by atoms with Gasteiger partial charge in [-0.1, -0.05) is 47.5 Å². The Bertz CT molecular complexity index is 343. The van der Waals surface area contributed by atoms with Crippen LogP contribution < -0.4 is 0 Å². The molecule has 0 nitrogen and oxygen atoms in total. The van der Waals surface area contributed by atoms with Crippen molar-refractivity contribution in [3.63, 3.8) is 0 Å². The first kappa shape index (κ1) is 14.8. The van der Waals surface area contributed by atoms with Crippen LogP contribution in [0.15, 0.2) is 12.1 Å². The first-order chi connectivity index (χ1) is 7.90. The van der Waals surface area contributed by atoms with E-state index in [0.717, 1.165) is 5.92 Å². The van der Waals surface area contributed by atoms with Gasteiger partial charge in [-0.15, -0.1) is 0 Å². The van der Waals surface area contributed by atoms with Crippen LogP contribution in [0.2, 0.25) is 0 Å². The Kier molecular flexibility index (Phi) is 5.72. The Morgan fingerprint density at radius 2 is 1.59 bits per heavy atom. The van der Waals surface area contributed by atoms with Crippen molar-refractivity contribution in [2.45, 2.75) is 58.7 Å². The highest BCUT2D eigenvalue weighted by Gasteiger charge is 2.09. The van der Waals surface area contributed by atoms with Gasteiger partial charge in [0.25, 0.3) is 0 Å². The van der Waals surface area contributed by atoms with Crippen LogP contribution in [0.1, 0.15) is 48.9 Å². The standard InChI is InChI=1S/C16H25Br/c1-11(2)8-15(17)6-7-16-13(4)9-12(3)10-14(16)5/h9-11,15H,6-8H2,1-5H3. The fourth-order valence-electron chi connectivity index (χ4n) is 2.53. The zero-order chi connectivity index (χ0) is 13.0. The van der Waals surface area contributed by atoms with E-state index in [1.807, 2.05) is 0 Å². The topological polar surface area (TPSA) is 0 Å². The molecule has 0 saturated heterocycles. The van der Waals surface area contributed by atoms with Crippen molar-refractivity contribution in [1.82, 2.24) is 0 Å². The first-order valence-electron chi connectivity index (χ1n) is 6.61. The maximum Gasteiger partial charge on any atom is 0.0151 e. The van der Waals surface area contributed by atoms with Gasteiger partial charge in [0.1, 0.15) is 0 Å². The Hall–Kier alpha value is -0.300. The zero-order valence-corrected chi connectivity index (χ0v) is 13.4. The van der Waals surface area contributed by atoms with Gasteiger partial charge in [0, 0.05) is 4.83 Å². The Morgan fingerprint density at radius 1 is 1.06 bits per heavy atom. The van der Waals surface area contributed by atoms with Crippen molar-refractivity contribution in [2.75, 3.05) is 0 Å². The Labute approximate surface area is 115 Å². The maximum absolute atomic E-state index is 3.80. The first-order valence-corrected chi connectivity index (χ1v) is 7.52. The maximum atomic E-state index is 3.80. The van der Waals surface area contributed by atoms with Gasteiger partial charge < -0.3 is 0 Å². The highest BCUT2D eigenvalue weighted by molar-refractivity contribution is 9.09. The zero-order valence-electron chi connectivity index (χ0n) is 11.8. The normalized spacial score (nSPS) is 13.1. The predicted octanol–water partition coefficient (Wildman–Crippen LogP) is 5.35. The average Bonchev–Trinajstić information content (AvgIpc) is 2.14. The van der Waals surface area contributed by atoms with E-state index in [1.165, 1.54) is 36.0 Å². The predicted molar refractivity (Wildman–Crippen MR) is 81.1 cm³/mol. The van der Waals surface area contributed by atoms with Crippen molar-refractivity contribution in [1.29, 1.82) is 0 Å². The summed E-state index contributed by atoms with van der Waals surface area (Å²) in [5.74, 6) is 0.777. The smallest absolute Gasteiger partial charge is 0.0151 e. The second kappa shape index (κ2) is 6.58. The Morgan fingerprint density at radius 3 is 2.06 bits per heavy atom. The quantitative estimate of drug-likeness (QED) is 0.642. The molecule has 1 rings (SSSR count). The molecule has 0 aliphatic heterocycles. The summed E-state index contributed by atoms with van der Waals surface area (Å²) in [6.07, 6.45) is 3.70. The van der Waals surface area contributed by atoms with Crippen molar-refractivity contribution < 1.29 is 0 Å². The monoisotopic (exact) mass is 296 g/mol. The number of rotatable bonds is 5. The van der Waals surface area contributed by atoms with Gasteiger partial charge >= 0.3 is 0 Å². The highest BCUT2D eigenvalue weighted by Crippen LogP contribution is 2.22. The van der Waals surface area contributed by atoms with Crippen LogP contribution in [0.5, 0.6) is 0 Å². The third-order valence-corrected chi connectivity index (χ3v) is 4.11. The minimum absolute atomic E-state index is 0.655. The van der Waals surface area contributed by atoms with Crippen LogP contribution in [0, 0.1) is 26.7 Å². The lowest BCUT2D eigenvalue weighted by Crippen LogP contribution is -2.06. The fourth-order valence-corrected chi connectivity index (χ4v) is 3.51. The third-order valence-electron chi connectivity index (χ3n) is 3.28. The molecular weight excluding hydrogens is 272 g/mol. The van der Waals surface area contributed by atoms with E-state index in [0.29, 0.717) is 4.83 Å². The summed E-state index contributed by atoms with van der Waals surface area (Å²) in [5.41, 5.74) is 5.82. The molecule has 1 heteroatoms. The molecule has 1 atom stereocenters. The molecule has 0 spiro atoms. The average molecular weight is 297 g/mol. The molecule has 96 valence electrons. The van der Waals surface area contributed by atoms with Crippen LogP contribution >= 0.6 is 15.9 Å². The van der Waals surface area contributed by atoms with Crippen LogP contribution in [-0.4, -0.2) is 4.83 Å². The molecule has 0 N–H and O–H groups in total. The van der Waals surface area contributed by atoms with Gasteiger partial charge in [-0.25, -0.2) is 0 Å². The number of aryl methyl sites for hydroxylation is 3. The van der Waals surface area contributed by atoms with Gasteiger partial charge in [0.15, 0.2) is 0 Å². The van der Waals surface area contributed by atoms with Crippen LogP contribution in [0.4, 0.5) is 0 Å². The minimum atomic E-state index is 0.655. The molecule has 1 unspecified atom stereocenters. The van der Waals surface area contributed by atoms with Gasteiger partial charge in [-0.2, -0.15) is 0 Å². The number of halogens is 1. The van der Waals surface area contributed by atoms with Gasteiger partial charge in [-0.3, -0.25) is 0 Å². The minimum Gasteiger partial charge on any atom is -0.0890 e. The van der Waals surface area contributed by atoms with E-state index in [4.69, 9.17) is 0 Å². The summed E-state index contributed by atoms with van der Waals surface area (Å²) in [6, 6.07) is 4.60. The molecule has 0 bridgehead atoms. The van der Waals surface area contributed by atoms with E-state index in [9.17, 15) is 0 Å². The molecule has 0 aliphatic carbocycles. The van der Waals surface area contributed by atoms with Crippen LogP contribution in [-0.2, 0) is 6.42 Å². The second-order valence-electron chi connectivity index (χ2n) is 5.64. The molecule has 0 saturated carbocycles. The Balaban J connectivity index is 2.63. The van der Waals surface area contributed by atoms with E-state index in [1.54, 1.807) is 5.56 Å². The van der Waals surface area contributed by atoms with Crippen molar-refractivity contribution >= 4 is 15.9 Å². The number of alkyl halides is 1. The summed E-state index contributed by atoms with van der Waals surface area (Å²) in [7, 11) is 0. The molecule has 0 radical (unpaired) electrons. The molecule has 1 aromatic carbocycles. The van der Waals surface area contributed by atoms with Crippen molar-refractivity contribution in [3.8, 4) is 0 Å². The lowest BCUT2D eigenvalue weighted by Gasteiger charge is -2.15. The highest BCUT2D eigenvalue weighted by atomic mass is 79.9. The fraction of sp³-hybridized carbons (Fsp3) is 0.625. The van der Waals surface area contributed by atoms with E-state index >= 15 is 0 Å². The van der Waals surface area contributed by atoms with E-state index in [2.05, 4.69) is 62.7 Å². The van der Waals surface area contributed by atoms with Gasteiger partial charge in [0.05, 0.1) is 0 Å². The molecule has 0 aromatic heterocycles. The number of benzene rings is 1. The van der Waals surface area contributed by atoms with Crippen molar-refractivity contribution in [2.24, 2.45) is 5.92 Å². The second-order valence-corrected chi connectivity index (χ2v) is 6.94. The summed E-state index contributed by atoms with van der Waals surface area (Å²) in [6.45, 7) is 11.2. The van der Waals surface area contributed by atoms with Crippen molar-refractivity contribution in [3.05, 3.63) is 34.4 Å². The van der Waals surface area contributed by atoms with Crippen LogP contribution in [0.3, 0.4) is 0 Å². The molecule has 0 amide bonds. The number of hydrogen-bond acceptors (Lipinski definition) is 0. The third kappa shape index (κ3) is 4.83.